The molecule has 0 aliphatic heterocycles. The van der Waals surface area contributed by atoms with Gasteiger partial charge in [-0.1, -0.05) is 42.5 Å². The summed E-state index contributed by atoms with van der Waals surface area (Å²) in [6.45, 7) is -0.473. The van der Waals surface area contributed by atoms with Gasteiger partial charge in [-0.2, -0.15) is 4.72 Å². The predicted octanol–water partition coefficient (Wildman–Crippen LogP) is 2.51. The van der Waals surface area contributed by atoms with Crippen molar-refractivity contribution in [3.8, 4) is 0 Å². The van der Waals surface area contributed by atoms with E-state index in [1.807, 2.05) is 0 Å². The summed E-state index contributed by atoms with van der Waals surface area (Å²) in [6.07, 6.45) is 5.77. The SMILES string of the molecule is O=C(COC(=O)CNS(=O)(=O)c1ccc(Cl)c(Cl)c1)NCC1CCCCC1. The summed E-state index contributed by atoms with van der Waals surface area (Å²) in [6, 6.07) is 3.78. The van der Waals surface area contributed by atoms with Crippen molar-refractivity contribution in [1.29, 1.82) is 0 Å². The average molecular weight is 437 g/mol. The lowest BCUT2D eigenvalue weighted by Gasteiger charge is -2.21. The second kappa shape index (κ2) is 10.3. The Balaban J connectivity index is 1.71. The van der Waals surface area contributed by atoms with E-state index in [2.05, 4.69) is 10.0 Å². The maximum Gasteiger partial charge on any atom is 0.321 e. The van der Waals surface area contributed by atoms with Crippen molar-refractivity contribution in [2.45, 2.75) is 37.0 Å². The van der Waals surface area contributed by atoms with Crippen LogP contribution in [0.4, 0.5) is 0 Å². The summed E-state index contributed by atoms with van der Waals surface area (Å²) in [5.41, 5.74) is 0. The fourth-order valence-corrected chi connectivity index (χ4v) is 4.14. The zero-order chi connectivity index (χ0) is 19.9. The van der Waals surface area contributed by atoms with Crippen LogP contribution >= 0.6 is 23.2 Å². The van der Waals surface area contributed by atoms with Crippen LogP contribution in [-0.4, -0.2) is 40.0 Å². The first-order valence-corrected chi connectivity index (χ1v) is 10.9. The number of hydrogen-bond acceptors (Lipinski definition) is 5. The van der Waals surface area contributed by atoms with Crippen molar-refractivity contribution in [2.24, 2.45) is 5.92 Å². The van der Waals surface area contributed by atoms with Gasteiger partial charge in [0.15, 0.2) is 6.61 Å². The molecule has 27 heavy (non-hydrogen) atoms. The Morgan fingerprint density at radius 3 is 2.48 bits per heavy atom. The van der Waals surface area contributed by atoms with Gasteiger partial charge in [0, 0.05) is 6.54 Å². The van der Waals surface area contributed by atoms with Gasteiger partial charge in [-0.05, 0) is 37.0 Å². The molecule has 1 saturated carbocycles. The van der Waals surface area contributed by atoms with Gasteiger partial charge in [0.1, 0.15) is 6.54 Å². The lowest BCUT2D eigenvalue weighted by Crippen LogP contribution is -2.36. The second-order valence-corrected chi connectivity index (χ2v) is 8.95. The number of nitrogens with one attached hydrogen (secondary N) is 2. The molecule has 0 unspecified atom stereocenters. The van der Waals surface area contributed by atoms with E-state index >= 15 is 0 Å². The molecule has 0 aromatic heterocycles. The normalized spacial score (nSPS) is 15.3. The van der Waals surface area contributed by atoms with Crippen LogP contribution in [0.25, 0.3) is 0 Å². The molecule has 1 aromatic carbocycles. The van der Waals surface area contributed by atoms with Crippen LogP contribution in [0.15, 0.2) is 23.1 Å². The number of carbonyl (C=O) groups is 2. The molecule has 150 valence electrons. The Kier molecular flexibility index (Phi) is 8.34. The third-order valence-corrected chi connectivity index (χ3v) is 6.42. The standard InChI is InChI=1S/C17H22Cl2N2O5S/c18-14-7-6-13(8-15(14)19)27(24,25)21-10-17(23)26-11-16(22)20-9-12-4-2-1-3-5-12/h6-8,12,21H,1-5,9-11H2,(H,20,22). The minimum Gasteiger partial charge on any atom is -0.455 e. The third kappa shape index (κ3) is 7.29. The number of hydrogen-bond donors (Lipinski definition) is 2. The van der Waals surface area contributed by atoms with E-state index in [4.69, 9.17) is 27.9 Å². The van der Waals surface area contributed by atoms with Gasteiger partial charge in [-0.25, -0.2) is 8.42 Å². The van der Waals surface area contributed by atoms with Crippen LogP contribution < -0.4 is 10.0 Å². The Hall–Kier alpha value is -1.35. The van der Waals surface area contributed by atoms with Gasteiger partial charge >= 0.3 is 5.97 Å². The number of carbonyl (C=O) groups excluding carboxylic acids is 2. The first-order valence-electron chi connectivity index (χ1n) is 8.65. The predicted molar refractivity (Wildman–Crippen MR) is 102 cm³/mol. The Morgan fingerprint density at radius 2 is 1.81 bits per heavy atom. The molecule has 1 aromatic rings. The fraction of sp³-hybridized carbons (Fsp3) is 0.529. The van der Waals surface area contributed by atoms with Crippen molar-refractivity contribution in [1.82, 2.24) is 10.0 Å². The highest BCUT2D eigenvalue weighted by molar-refractivity contribution is 7.89. The first kappa shape index (κ1) is 21.9. The van der Waals surface area contributed by atoms with Crippen molar-refractivity contribution in [2.75, 3.05) is 19.7 Å². The minimum atomic E-state index is -3.95. The van der Waals surface area contributed by atoms with E-state index in [0.29, 0.717) is 12.5 Å². The van der Waals surface area contributed by atoms with Crippen molar-refractivity contribution in [3.05, 3.63) is 28.2 Å². The van der Waals surface area contributed by atoms with Crippen LogP contribution in [0.5, 0.6) is 0 Å². The minimum absolute atomic E-state index is 0.0803. The molecule has 0 spiro atoms. The third-order valence-electron chi connectivity index (χ3n) is 4.28. The zero-order valence-electron chi connectivity index (χ0n) is 14.7. The molecule has 1 amide bonds. The Morgan fingerprint density at radius 1 is 1.11 bits per heavy atom. The smallest absolute Gasteiger partial charge is 0.321 e. The van der Waals surface area contributed by atoms with E-state index in [1.165, 1.54) is 37.5 Å². The highest BCUT2D eigenvalue weighted by atomic mass is 35.5. The molecule has 0 saturated heterocycles. The average Bonchev–Trinajstić information content (AvgIpc) is 2.66. The van der Waals surface area contributed by atoms with Gasteiger partial charge in [-0.15, -0.1) is 0 Å². The van der Waals surface area contributed by atoms with E-state index in [-0.39, 0.29) is 14.9 Å². The van der Waals surface area contributed by atoms with Crippen molar-refractivity contribution >= 4 is 45.1 Å². The number of halogens is 2. The molecular formula is C17H22Cl2N2O5S. The van der Waals surface area contributed by atoms with E-state index in [1.54, 1.807) is 0 Å². The number of benzene rings is 1. The lowest BCUT2D eigenvalue weighted by molar-refractivity contribution is -0.147. The molecule has 10 heteroatoms. The number of sulfonamides is 1. The van der Waals surface area contributed by atoms with Crippen LogP contribution in [-0.2, 0) is 24.3 Å². The highest BCUT2D eigenvalue weighted by Gasteiger charge is 2.18. The van der Waals surface area contributed by atoms with Crippen molar-refractivity contribution < 1.29 is 22.7 Å². The molecule has 1 aliphatic rings. The highest BCUT2D eigenvalue weighted by Crippen LogP contribution is 2.24. The fourth-order valence-electron chi connectivity index (χ4n) is 2.78. The monoisotopic (exact) mass is 436 g/mol. The van der Waals surface area contributed by atoms with Gasteiger partial charge in [0.05, 0.1) is 14.9 Å². The van der Waals surface area contributed by atoms with E-state index < -0.39 is 35.1 Å². The summed E-state index contributed by atoms with van der Waals surface area (Å²) < 4.78 is 31.1. The maximum absolute atomic E-state index is 12.1. The maximum atomic E-state index is 12.1. The van der Waals surface area contributed by atoms with Crippen LogP contribution in [0.1, 0.15) is 32.1 Å². The summed E-state index contributed by atoms with van der Waals surface area (Å²) in [5.74, 6) is -0.788. The summed E-state index contributed by atoms with van der Waals surface area (Å²) >= 11 is 11.5. The number of esters is 1. The topological polar surface area (TPSA) is 102 Å². The quantitative estimate of drug-likeness (QED) is 0.609. The molecule has 2 N–H and O–H groups in total. The second-order valence-electron chi connectivity index (χ2n) is 6.37. The molecular weight excluding hydrogens is 415 g/mol. The summed E-state index contributed by atoms with van der Waals surface area (Å²) in [5, 5.41) is 3.03. The Labute approximate surface area is 168 Å². The van der Waals surface area contributed by atoms with Gasteiger partial charge in [0.2, 0.25) is 10.0 Å². The number of ether oxygens (including phenoxy) is 1. The summed E-state index contributed by atoms with van der Waals surface area (Å²) in [7, 11) is -3.95. The van der Waals surface area contributed by atoms with Crippen LogP contribution in [0, 0.1) is 5.92 Å². The Bertz CT molecular complexity index is 780. The number of amides is 1. The molecule has 1 fully saturated rings. The van der Waals surface area contributed by atoms with E-state index in [0.717, 1.165) is 12.8 Å². The molecule has 0 bridgehead atoms. The molecule has 2 rings (SSSR count). The molecule has 7 nitrogen and oxygen atoms in total. The first-order chi connectivity index (χ1) is 12.8. The van der Waals surface area contributed by atoms with E-state index in [9.17, 15) is 18.0 Å². The zero-order valence-corrected chi connectivity index (χ0v) is 17.0. The lowest BCUT2D eigenvalue weighted by atomic mass is 9.89. The molecule has 0 radical (unpaired) electrons. The summed E-state index contributed by atoms with van der Waals surface area (Å²) in [4.78, 5) is 23.3. The molecule has 0 heterocycles. The van der Waals surface area contributed by atoms with Crippen LogP contribution in [0.2, 0.25) is 10.0 Å². The van der Waals surface area contributed by atoms with Crippen molar-refractivity contribution in [3.63, 3.8) is 0 Å². The van der Waals surface area contributed by atoms with Gasteiger partial charge < -0.3 is 10.1 Å². The van der Waals surface area contributed by atoms with Crippen LogP contribution in [0.3, 0.4) is 0 Å². The van der Waals surface area contributed by atoms with Gasteiger partial charge in [-0.3, -0.25) is 9.59 Å². The molecule has 0 atom stereocenters. The number of rotatable bonds is 8. The molecule has 1 aliphatic carbocycles. The largest absolute Gasteiger partial charge is 0.455 e. The van der Waals surface area contributed by atoms with Gasteiger partial charge in [0.25, 0.3) is 5.91 Å².